The highest BCUT2D eigenvalue weighted by molar-refractivity contribution is 6.36. The second-order valence-electron chi connectivity index (χ2n) is 6.09. The average molecular weight is 398 g/mol. The lowest BCUT2D eigenvalue weighted by Crippen LogP contribution is -2.10. The van der Waals surface area contributed by atoms with E-state index in [1.807, 2.05) is 38.1 Å². The van der Waals surface area contributed by atoms with Gasteiger partial charge in [0.25, 0.3) is 0 Å². The number of carbonyl (C=O) groups excluding carboxylic acids is 1. The van der Waals surface area contributed by atoms with Gasteiger partial charge in [0.15, 0.2) is 5.75 Å². The third kappa shape index (κ3) is 4.76. The van der Waals surface area contributed by atoms with Gasteiger partial charge in [0.05, 0.1) is 16.3 Å². The summed E-state index contributed by atoms with van der Waals surface area (Å²) in [6.45, 7) is 4.07. The van der Waals surface area contributed by atoms with Crippen molar-refractivity contribution in [2.45, 2.75) is 13.8 Å². The molecule has 0 aliphatic heterocycles. The molecule has 0 saturated heterocycles. The van der Waals surface area contributed by atoms with Crippen LogP contribution in [0.2, 0.25) is 10.0 Å². The molecular weight excluding hydrogens is 381 g/mol. The van der Waals surface area contributed by atoms with Crippen molar-refractivity contribution in [2.75, 3.05) is 0 Å². The lowest BCUT2D eigenvalue weighted by molar-refractivity contribution is 0.0734. The largest absolute Gasteiger partial charge is 0.421 e. The highest BCUT2D eigenvalue weighted by Gasteiger charge is 2.15. The Morgan fingerprint density at radius 3 is 2.41 bits per heavy atom. The van der Waals surface area contributed by atoms with Crippen molar-refractivity contribution in [2.24, 2.45) is 4.99 Å². The summed E-state index contributed by atoms with van der Waals surface area (Å²) in [5, 5.41) is 0.675. The lowest BCUT2D eigenvalue weighted by Gasteiger charge is -2.10. The molecule has 0 spiro atoms. The molecule has 0 atom stereocenters. The predicted octanol–water partition coefficient (Wildman–Crippen LogP) is 6.58. The molecule has 0 N–H and O–H groups in total. The summed E-state index contributed by atoms with van der Waals surface area (Å²) in [5.41, 5.74) is 4.08. The molecule has 0 bridgehead atoms. The fraction of sp³-hybridized carbons (Fsp3) is 0.0909. The van der Waals surface area contributed by atoms with Gasteiger partial charge in [0, 0.05) is 16.8 Å². The van der Waals surface area contributed by atoms with Crippen molar-refractivity contribution < 1.29 is 9.53 Å². The number of esters is 1. The summed E-state index contributed by atoms with van der Waals surface area (Å²) in [6.07, 6.45) is 1.59. The molecule has 0 amide bonds. The molecule has 0 unspecified atom stereocenters. The molecule has 3 aromatic carbocycles. The van der Waals surface area contributed by atoms with Gasteiger partial charge in [-0.3, -0.25) is 4.99 Å². The molecular formula is C22H17Cl2NO2. The molecule has 5 heteroatoms. The van der Waals surface area contributed by atoms with Crippen LogP contribution in [0.1, 0.15) is 27.0 Å². The topological polar surface area (TPSA) is 38.7 Å². The van der Waals surface area contributed by atoms with E-state index >= 15 is 0 Å². The van der Waals surface area contributed by atoms with E-state index in [0.717, 1.165) is 11.3 Å². The minimum Gasteiger partial charge on any atom is -0.421 e. The summed E-state index contributed by atoms with van der Waals surface area (Å²) in [4.78, 5) is 16.9. The Morgan fingerprint density at radius 1 is 0.963 bits per heavy atom. The fourth-order valence-corrected chi connectivity index (χ4v) is 3.01. The molecule has 0 aliphatic rings. The number of carbonyl (C=O) groups is 1. The van der Waals surface area contributed by atoms with E-state index in [0.29, 0.717) is 16.1 Å². The molecule has 3 nitrogen and oxygen atoms in total. The SMILES string of the molecule is Cc1ccc(N=Cc2cc(Cl)cc(Cl)c2OC(=O)c2ccccc2)cc1C. The number of nitrogens with zero attached hydrogens (tertiary/aromatic N) is 1. The number of halogens is 2. The summed E-state index contributed by atoms with van der Waals surface area (Å²) >= 11 is 12.4. The number of rotatable bonds is 4. The van der Waals surface area contributed by atoms with E-state index < -0.39 is 5.97 Å². The molecule has 0 radical (unpaired) electrons. The smallest absolute Gasteiger partial charge is 0.343 e. The Labute approximate surface area is 168 Å². The summed E-state index contributed by atoms with van der Waals surface area (Å²) in [6, 6.07) is 17.8. The zero-order chi connectivity index (χ0) is 19.4. The second-order valence-corrected chi connectivity index (χ2v) is 6.93. The van der Waals surface area contributed by atoms with Crippen LogP contribution in [0.3, 0.4) is 0 Å². The van der Waals surface area contributed by atoms with Gasteiger partial charge in [-0.2, -0.15) is 0 Å². The number of aryl methyl sites for hydroxylation is 2. The fourth-order valence-electron chi connectivity index (χ4n) is 2.46. The van der Waals surface area contributed by atoms with Crippen molar-refractivity contribution in [3.05, 3.63) is 93.0 Å². The van der Waals surface area contributed by atoms with Crippen molar-refractivity contribution in [3.63, 3.8) is 0 Å². The average Bonchev–Trinajstić information content (AvgIpc) is 2.65. The van der Waals surface area contributed by atoms with Crippen LogP contribution in [0.4, 0.5) is 5.69 Å². The number of hydrogen-bond donors (Lipinski definition) is 0. The van der Waals surface area contributed by atoms with Crippen LogP contribution in [0, 0.1) is 13.8 Å². The first-order valence-corrected chi connectivity index (χ1v) is 9.07. The third-order valence-electron chi connectivity index (χ3n) is 4.08. The van der Waals surface area contributed by atoms with E-state index in [9.17, 15) is 4.79 Å². The van der Waals surface area contributed by atoms with Gasteiger partial charge in [-0.15, -0.1) is 0 Å². The standard InChI is InChI=1S/C22H17Cl2NO2/c1-14-8-9-19(10-15(14)2)25-13-17-11-18(23)12-20(24)21(17)27-22(26)16-6-4-3-5-7-16/h3-13H,1-2H3. The number of ether oxygens (including phenoxy) is 1. The minimum absolute atomic E-state index is 0.225. The number of benzene rings is 3. The maximum atomic E-state index is 12.4. The predicted molar refractivity (Wildman–Crippen MR) is 111 cm³/mol. The Hall–Kier alpha value is -2.62. The Bertz CT molecular complexity index is 1010. The molecule has 136 valence electrons. The van der Waals surface area contributed by atoms with Gasteiger partial charge >= 0.3 is 5.97 Å². The van der Waals surface area contributed by atoms with Crippen molar-refractivity contribution in [1.29, 1.82) is 0 Å². The van der Waals surface area contributed by atoms with Crippen molar-refractivity contribution in [1.82, 2.24) is 0 Å². The molecule has 3 aromatic rings. The minimum atomic E-state index is -0.499. The highest BCUT2D eigenvalue weighted by atomic mass is 35.5. The Balaban J connectivity index is 1.94. The summed E-state index contributed by atoms with van der Waals surface area (Å²) in [5.74, 6) is -0.275. The number of aliphatic imine (C=N–C) groups is 1. The summed E-state index contributed by atoms with van der Waals surface area (Å²) < 4.78 is 5.53. The van der Waals surface area contributed by atoms with E-state index in [4.69, 9.17) is 27.9 Å². The molecule has 0 fully saturated rings. The van der Waals surface area contributed by atoms with Crippen LogP contribution < -0.4 is 4.74 Å². The van der Waals surface area contributed by atoms with Gasteiger partial charge in [-0.25, -0.2) is 4.79 Å². The highest BCUT2D eigenvalue weighted by Crippen LogP contribution is 2.32. The van der Waals surface area contributed by atoms with E-state index in [1.165, 1.54) is 11.6 Å². The summed E-state index contributed by atoms with van der Waals surface area (Å²) in [7, 11) is 0. The first-order valence-electron chi connectivity index (χ1n) is 8.31. The third-order valence-corrected chi connectivity index (χ3v) is 4.58. The van der Waals surface area contributed by atoms with E-state index in [1.54, 1.807) is 36.5 Å². The van der Waals surface area contributed by atoms with Gasteiger partial charge in [0.1, 0.15) is 0 Å². The van der Waals surface area contributed by atoms with E-state index in [-0.39, 0.29) is 10.8 Å². The first-order chi connectivity index (χ1) is 12.9. The van der Waals surface area contributed by atoms with Gasteiger partial charge in [-0.05, 0) is 61.4 Å². The van der Waals surface area contributed by atoms with Crippen LogP contribution in [0.15, 0.2) is 65.7 Å². The maximum absolute atomic E-state index is 12.4. The normalized spacial score (nSPS) is 11.0. The van der Waals surface area contributed by atoms with E-state index in [2.05, 4.69) is 4.99 Å². The Kier molecular flexibility index (Phi) is 5.94. The molecule has 27 heavy (non-hydrogen) atoms. The van der Waals surface area contributed by atoms with Crippen molar-refractivity contribution >= 4 is 41.1 Å². The molecule has 0 heterocycles. The zero-order valence-electron chi connectivity index (χ0n) is 14.9. The molecule has 0 aromatic heterocycles. The molecule has 0 saturated carbocycles. The first kappa shape index (κ1) is 19.2. The Morgan fingerprint density at radius 2 is 1.70 bits per heavy atom. The van der Waals surface area contributed by atoms with Gasteiger partial charge in [-0.1, -0.05) is 47.5 Å². The van der Waals surface area contributed by atoms with Gasteiger partial charge in [0.2, 0.25) is 0 Å². The second kappa shape index (κ2) is 8.38. The molecule has 3 rings (SSSR count). The zero-order valence-corrected chi connectivity index (χ0v) is 16.4. The quantitative estimate of drug-likeness (QED) is 0.283. The van der Waals surface area contributed by atoms with Crippen molar-refractivity contribution in [3.8, 4) is 5.75 Å². The van der Waals surface area contributed by atoms with Crippen LogP contribution in [0.25, 0.3) is 0 Å². The van der Waals surface area contributed by atoms with Crippen LogP contribution in [-0.4, -0.2) is 12.2 Å². The monoisotopic (exact) mass is 397 g/mol. The number of hydrogen-bond acceptors (Lipinski definition) is 3. The van der Waals surface area contributed by atoms with Crippen LogP contribution in [-0.2, 0) is 0 Å². The van der Waals surface area contributed by atoms with Crippen LogP contribution >= 0.6 is 23.2 Å². The molecule has 0 aliphatic carbocycles. The maximum Gasteiger partial charge on any atom is 0.343 e. The van der Waals surface area contributed by atoms with Gasteiger partial charge < -0.3 is 4.74 Å². The lowest BCUT2D eigenvalue weighted by atomic mass is 10.1. The van der Waals surface area contributed by atoms with Crippen LogP contribution in [0.5, 0.6) is 5.75 Å².